The van der Waals surface area contributed by atoms with E-state index in [-0.39, 0.29) is 6.42 Å². The van der Waals surface area contributed by atoms with Crippen LogP contribution in [0.4, 0.5) is 14.5 Å². The van der Waals surface area contributed by atoms with Crippen molar-refractivity contribution in [2.45, 2.75) is 18.8 Å². The molecule has 0 bridgehead atoms. The van der Waals surface area contributed by atoms with Crippen molar-refractivity contribution in [2.24, 2.45) is 5.73 Å². The van der Waals surface area contributed by atoms with E-state index in [0.717, 1.165) is 5.56 Å². The molecule has 1 rings (SSSR count). The molecule has 6 heteroatoms. The third-order valence-corrected chi connectivity index (χ3v) is 2.52. The van der Waals surface area contributed by atoms with Crippen molar-refractivity contribution in [3.05, 3.63) is 29.8 Å². The first-order valence-corrected chi connectivity index (χ1v) is 5.62. The minimum absolute atomic E-state index is 0.120. The summed E-state index contributed by atoms with van der Waals surface area (Å²) < 4.78 is 25.6. The van der Waals surface area contributed by atoms with Crippen molar-refractivity contribution in [2.75, 3.05) is 18.8 Å². The molecule has 0 saturated carbocycles. The van der Waals surface area contributed by atoms with E-state index in [4.69, 9.17) is 11.5 Å². The van der Waals surface area contributed by atoms with Crippen LogP contribution in [0.5, 0.6) is 0 Å². The SMILES string of the molecule is NCC(F)(F)CNC(=O)CCc1ccccc1N. The second-order valence-corrected chi connectivity index (χ2v) is 4.04. The Kier molecular flexibility index (Phi) is 5.03. The van der Waals surface area contributed by atoms with Crippen LogP contribution in [-0.4, -0.2) is 24.9 Å². The standard InChI is InChI=1S/C12H17F2N3O/c13-12(14,7-15)8-17-11(18)6-5-9-3-1-2-4-10(9)16/h1-4H,5-8,15-16H2,(H,17,18). The molecule has 4 nitrogen and oxygen atoms in total. The molecule has 0 aliphatic rings. The van der Waals surface area contributed by atoms with Crippen LogP contribution in [0.1, 0.15) is 12.0 Å². The number of amides is 1. The number of carbonyl (C=O) groups excluding carboxylic acids is 1. The van der Waals surface area contributed by atoms with Crippen molar-refractivity contribution >= 4 is 11.6 Å². The minimum Gasteiger partial charge on any atom is -0.399 e. The van der Waals surface area contributed by atoms with Gasteiger partial charge in [-0.3, -0.25) is 4.79 Å². The van der Waals surface area contributed by atoms with Crippen molar-refractivity contribution in [3.63, 3.8) is 0 Å². The molecule has 5 N–H and O–H groups in total. The summed E-state index contributed by atoms with van der Waals surface area (Å²) >= 11 is 0. The van der Waals surface area contributed by atoms with Gasteiger partial charge in [0.2, 0.25) is 5.91 Å². The number of hydrogen-bond acceptors (Lipinski definition) is 3. The van der Waals surface area contributed by atoms with E-state index in [0.29, 0.717) is 12.1 Å². The van der Waals surface area contributed by atoms with E-state index in [2.05, 4.69) is 5.32 Å². The Balaban J connectivity index is 2.36. The van der Waals surface area contributed by atoms with Crippen LogP contribution in [0.15, 0.2) is 24.3 Å². The number of nitrogens with one attached hydrogen (secondary N) is 1. The van der Waals surface area contributed by atoms with Gasteiger partial charge in [0, 0.05) is 12.1 Å². The highest BCUT2D eigenvalue weighted by atomic mass is 19.3. The minimum atomic E-state index is -3.05. The van der Waals surface area contributed by atoms with Gasteiger partial charge in [0.15, 0.2) is 0 Å². The molecular weight excluding hydrogens is 240 g/mol. The van der Waals surface area contributed by atoms with E-state index in [9.17, 15) is 13.6 Å². The first-order valence-electron chi connectivity index (χ1n) is 5.62. The zero-order valence-corrected chi connectivity index (χ0v) is 9.96. The zero-order chi connectivity index (χ0) is 13.6. The molecule has 0 radical (unpaired) electrons. The third-order valence-electron chi connectivity index (χ3n) is 2.52. The first kappa shape index (κ1) is 14.4. The lowest BCUT2D eigenvalue weighted by molar-refractivity contribution is -0.122. The number of halogens is 2. The smallest absolute Gasteiger partial charge is 0.277 e. The number of carbonyl (C=O) groups is 1. The van der Waals surface area contributed by atoms with Gasteiger partial charge in [-0.2, -0.15) is 0 Å². The fraction of sp³-hybridized carbons (Fsp3) is 0.417. The van der Waals surface area contributed by atoms with Crippen LogP contribution in [0.3, 0.4) is 0 Å². The molecule has 1 aromatic rings. The third kappa shape index (κ3) is 4.67. The van der Waals surface area contributed by atoms with Gasteiger partial charge in [0.05, 0.1) is 13.1 Å². The van der Waals surface area contributed by atoms with Crippen molar-refractivity contribution in [3.8, 4) is 0 Å². The quantitative estimate of drug-likeness (QED) is 0.663. The van der Waals surface area contributed by atoms with E-state index in [1.807, 2.05) is 6.07 Å². The summed E-state index contributed by atoms with van der Waals surface area (Å²) in [5, 5.41) is 2.15. The molecule has 100 valence electrons. The largest absolute Gasteiger partial charge is 0.399 e. The number of hydrogen-bond donors (Lipinski definition) is 3. The molecule has 0 saturated heterocycles. The monoisotopic (exact) mass is 257 g/mol. The second-order valence-electron chi connectivity index (χ2n) is 4.04. The van der Waals surface area contributed by atoms with Gasteiger partial charge in [0.1, 0.15) is 0 Å². The van der Waals surface area contributed by atoms with Crippen molar-refractivity contribution < 1.29 is 13.6 Å². The number of anilines is 1. The predicted octanol–water partition coefficient (Wildman–Crippen LogP) is 0.912. The summed E-state index contributed by atoms with van der Waals surface area (Å²) in [4.78, 5) is 11.4. The maximum Gasteiger partial charge on any atom is 0.277 e. The molecule has 1 aromatic carbocycles. The predicted molar refractivity (Wildman–Crippen MR) is 66.2 cm³/mol. The van der Waals surface area contributed by atoms with Gasteiger partial charge in [0.25, 0.3) is 5.92 Å². The average molecular weight is 257 g/mol. The van der Waals surface area contributed by atoms with Crippen LogP contribution in [0, 0.1) is 0 Å². The number of nitrogen functional groups attached to an aromatic ring is 1. The number of rotatable bonds is 6. The Morgan fingerprint density at radius 2 is 2.00 bits per heavy atom. The van der Waals surface area contributed by atoms with E-state index >= 15 is 0 Å². The average Bonchev–Trinajstić information content (AvgIpc) is 2.35. The highest BCUT2D eigenvalue weighted by Gasteiger charge is 2.26. The molecule has 1 amide bonds. The Morgan fingerprint density at radius 3 is 2.61 bits per heavy atom. The second kappa shape index (κ2) is 6.30. The summed E-state index contributed by atoms with van der Waals surface area (Å²) in [5.41, 5.74) is 12.0. The fourth-order valence-electron chi connectivity index (χ4n) is 1.40. The highest BCUT2D eigenvalue weighted by Crippen LogP contribution is 2.13. The maximum atomic E-state index is 12.8. The number of nitrogens with two attached hydrogens (primary N) is 2. The Hall–Kier alpha value is -1.69. The molecule has 0 aliphatic carbocycles. The topological polar surface area (TPSA) is 81.1 Å². The lowest BCUT2D eigenvalue weighted by Gasteiger charge is -2.14. The molecule has 18 heavy (non-hydrogen) atoms. The normalized spacial score (nSPS) is 11.3. The van der Waals surface area contributed by atoms with Gasteiger partial charge in [-0.1, -0.05) is 18.2 Å². The van der Waals surface area contributed by atoms with Crippen molar-refractivity contribution in [1.82, 2.24) is 5.32 Å². The van der Waals surface area contributed by atoms with Crippen molar-refractivity contribution in [1.29, 1.82) is 0 Å². The molecule has 0 fully saturated rings. The molecule has 0 unspecified atom stereocenters. The number of alkyl halides is 2. The number of benzene rings is 1. The lowest BCUT2D eigenvalue weighted by atomic mass is 10.1. The zero-order valence-electron chi connectivity index (χ0n) is 9.96. The Labute approximate surface area is 104 Å². The van der Waals surface area contributed by atoms with E-state index in [1.165, 1.54) is 0 Å². The van der Waals surface area contributed by atoms with Gasteiger partial charge in [-0.05, 0) is 18.1 Å². The highest BCUT2D eigenvalue weighted by molar-refractivity contribution is 5.76. The molecule has 0 aliphatic heterocycles. The number of para-hydroxylation sites is 1. The number of aryl methyl sites for hydroxylation is 1. The Morgan fingerprint density at radius 1 is 1.33 bits per heavy atom. The van der Waals surface area contributed by atoms with Crippen LogP contribution in [0.25, 0.3) is 0 Å². The fourth-order valence-corrected chi connectivity index (χ4v) is 1.40. The molecule has 0 spiro atoms. The van der Waals surface area contributed by atoms with E-state index in [1.54, 1.807) is 18.2 Å². The van der Waals surface area contributed by atoms with Gasteiger partial charge >= 0.3 is 0 Å². The summed E-state index contributed by atoms with van der Waals surface area (Å²) in [6, 6.07) is 7.14. The van der Waals surface area contributed by atoms with Crippen LogP contribution < -0.4 is 16.8 Å². The van der Waals surface area contributed by atoms with Crippen LogP contribution in [0.2, 0.25) is 0 Å². The van der Waals surface area contributed by atoms with E-state index < -0.39 is 24.9 Å². The molecule has 0 heterocycles. The van der Waals surface area contributed by atoms with Gasteiger partial charge < -0.3 is 16.8 Å². The van der Waals surface area contributed by atoms with Gasteiger partial charge in [-0.15, -0.1) is 0 Å². The summed E-state index contributed by atoms with van der Waals surface area (Å²) in [5.74, 6) is -3.49. The maximum absolute atomic E-state index is 12.8. The summed E-state index contributed by atoms with van der Waals surface area (Å²) in [6.07, 6.45) is 0.543. The Bertz CT molecular complexity index is 410. The van der Waals surface area contributed by atoms with Gasteiger partial charge in [-0.25, -0.2) is 8.78 Å². The first-order chi connectivity index (χ1) is 8.44. The summed E-state index contributed by atoms with van der Waals surface area (Å²) in [6.45, 7) is -1.51. The lowest BCUT2D eigenvalue weighted by Crippen LogP contribution is -2.41. The van der Waals surface area contributed by atoms with Crippen LogP contribution in [-0.2, 0) is 11.2 Å². The van der Waals surface area contributed by atoms with Crippen LogP contribution >= 0.6 is 0 Å². The summed E-state index contributed by atoms with van der Waals surface area (Å²) in [7, 11) is 0. The molecule has 0 atom stereocenters. The molecule has 0 aromatic heterocycles. The molecular formula is C12H17F2N3O.